The number of halogens is 1. The largest absolute Gasteiger partial charge is 0.497 e. The number of ether oxygens (including phenoxy) is 2. The fourth-order valence-corrected chi connectivity index (χ4v) is 2.12. The van der Waals surface area contributed by atoms with Gasteiger partial charge < -0.3 is 14.8 Å². The third-order valence-corrected chi connectivity index (χ3v) is 3.33. The van der Waals surface area contributed by atoms with E-state index in [1.54, 1.807) is 38.3 Å². The molecule has 0 aliphatic heterocycles. The molecule has 0 unspecified atom stereocenters. The Kier molecular flexibility index (Phi) is 5.22. The number of hydrogen-bond acceptors (Lipinski definition) is 3. The highest BCUT2D eigenvalue weighted by molar-refractivity contribution is 9.10. The van der Waals surface area contributed by atoms with Gasteiger partial charge in [0.05, 0.1) is 7.11 Å². The molecular weight excluding hydrogens is 334 g/mol. The van der Waals surface area contributed by atoms with Crippen molar-refractivity contribution >= 4 is 27.5 Å². The molecular formula is C16H16BrNO3. The second kappa shape index (κ2) is 7.13. The quantitative estimate of drug-likeness (QED) is 0.891. The van der Waals surface area contributed by atoms with Crippen LogP contribution in [0.3, 0.4) is 0 Å². The number of hydrogen-bond donors (Lipinski definition) is 1. The van der Waals surface area contributed by atoms with E-state index >= 15 is 0 Å². The number of benzene rings is 2. The summed E-state index contributed by atoms with van der Waals surface area (Å²) < 4.78 is 11.6. The molecule has 0 aromatic heterocycles. The monoisotopic (exact) mass is 349 g/mol. The van der Waals surface area contributed by atoms with Gasteiger partial charge in [0, 0.05) is 10.2 Å². The molecule has 21 heavy (non-hydrogen) atoms. The van der Waals surface area contributed by atoms with Gasteiger partial charge in [0.1, 0.15) is 11.5 Å². The zero-order valence-corrected chi connectivity index (χ0v) is 13.4. The summed E-state index contributed by atoms with van der Waals surface area (Å²) in [6.45, 7) is 1.71. The number of methoxy groups -OCH3 is 1. The van der Waals surface area contributed by atoms with Gasteiger partial charge in [0.25, 0.3) is 5.91 Å². The molecule has 1 amide bonds. The van der Waals surface area contributed by atoms with Gasteiger partial charge in [0.15, 0.2) is 6.10 Å². The van der Waals surface area contributed by atoms with Gasteiger partial charge in [-0.2, -0.15) is 0 Å². The summed E-state index contributed by atoms with van der Waals surface area (Å²) in [5.74, 6) is 1.16. The van der Waals surface area contributed by atoms with E-state index in [0.29, 0.717) is 5.75 Å². The van der Waals surface area contributed by atoms with Crippen molar-refractivity contribution in [3.63, 3.8) is 0 Å². The number of carbonyl (C=O) groups excluding carboxylic acids is 1. The van der Waals surface area contributed by atoms with Crippen molar-refractivity contribution in [1.82, 2.24) is 0 Å². The predicted molar refractivity (Wildman–Crippen MR) is 85.9 cm³/mol. The molecule has 0 spiro atoms. The standard InChI is InChI=1S/C16H16BrNO3/c1-11(21-15-8-6-14(20-2)7-9-15)16(19)18-13-5-3-4-12(17)10-13/h3-11H,1-2H3,(H,18,19)/t11-/m0/s1. The van der Waals surface area contributed by atoms with Crippen LogP contribution in [-0.4, -0.2) is 19.1 Å². The van der Waals surface area contributed by atoms with Crippen LogP contribution in [0.5, 0.6) is 11.5 Å². The van der Waals surface area contributed by atoms with E-state index in [0.717, 1.165) is 15.9 Å². The van der Waals surface area contributed by atoms with Crippen molar-refractivity contribution in [3.05, 3.63) is 53.0 Å². The molecule has 0 heterocycles. The molecule has 0 saturated heterocycles. The van der Waals surface area contributed by atoms with E-state index in [9.17, 15) is 4.79 Å². The number of anilines is 1. The third kappa shape index (κ3) is 4.49. The van der Waals surface area contributed by atoms with E-state index in [-0.39, 0.29) is 5.91 Å². The van der Waals surface area contributed by atoms with Crippen molar-refractivity contribution in [2.75, 3.05) is 12.4 Å². The van der Waals surface area contributed by atoms with E-state index in [1.165, 1.54) is 0 Å². The van der Waals surface area contributed by atoms with Gasteiger partial charge >= 0.3 is 0 Å². The SMILES string of the molecule is COc1ccc(O[C@@H](C)C(=O)Nc2cccc(Br)c2)cc1. The molecule has 0 aliphatic rings. The molecule has 0 radical (unpaired) electrons. The molecule has 0 fully saturated rings. The van der Waals surface area contributed by atoms with Crippen LogP contribution in [0, 0.1) is 0 Å². The summed E-state index contributed by atoms with van der Waals surface area (Å²) >= 11 is 3.36. The molecule has 0 bridgehead atoms. The van der Waals surface area contributed by atoms with Crippen molar-refractivity contribution in [2.45, 2.75) is 13.0 Å². The van der Waals surface area contributed by atoms with Gasteiger partial charge in [-0.3, -0.25) is 4.79 Å². The number of rotatable bonds is 5. The average molecular weight is 350 g/mol. The van der Waals surface area contributed by atoms with Gasteiger partial charge in [-0.25, -0.2) is 0 Å². The lowest BCUT2D eigenvalue weighted by molar-refractivity contribution is -0.122. The summed E-state index contributed by atoms with van der Waals surface area (Å²) in [6.07, 6.45) is -0.600. The molecule has 0 saturated carbocycles. The Morgan fingerprint density at radius 2 is 1.81 bits per heavy atom. The number of nitrogens with one attached hydrogen (secondary N) is 1. The zero-order chi connectivity index (χ0) is 15.2. The maximum Gasteiger partial charge on any atom is 0.265 e. The van der Waals surface area contributed by atoms with Gasteiger partial charge in [-0.15, -0.1) is 0 Å². The van der Waals surface area contributed by atoms with E-state index in [4.69, 9.17) is 9.47 Å². The first kappa shape index (κ1) is 15.4. The maximum atomic E-state index is 12.1. The number of carbonyl (C=O) groups is 1. The van der Waals surface area contributed by atoms with Crippen LogP contribution in [0.1, 0.15) is 6.92 Å². The molecule has 2 aromatic rings. The molecule has 2 aromatic carbocycles. The molecule has 2 rings (SSSR count). The van der Waals surface area contributed by atoms with Crippen LogP contribution in [0.4, 0.5) is 5.69 Å². The topological polar surface area (TPSA) is 47.6 Å². The normalized spacial score (nSPS) is 11.6. The highest BCUT2D eigenvalue weighted by Crippen LogP contribution is 2.19. The fraction of sp³-hybridized carbons (Fsp3) is 0.188. The number of amides is 1. The van der Waals surface area contributed by atoms with Crippen molar-refractivity contribution < 1.29 is 14.3 Å². The Labute approximate surface area is 132 Å². The molecule has 5 heteroatoms. The minimum absolute atomic E-state index is 0.205. The molecule has 4 nitrogen and oxygen atoms in total. The lowest BCUT2D eigenvalue weighted by atomic mass is 10.3. The van der Waals surface area contributed by atoms with Crippen LogP contribution in [-0.2, 0) is 4.79 Å². The van der Waals surface area contributed by atoms with Crippen LogP contribution in [0.2, 0.25) is 0 Å². The van der Waals surface area contributed by atoms with E-state index < -0.39 is 6.10 Å². The fourth-order valence-electron chi connectivity index (χ4n) is 1.72. The highest BCUT2D eigenvalue weighted by Gasteiger charge is 2.15. The third-order valence-electron chi connectivity index (χ3n) is 2.83. The first-order valence-corrected chi connectivity index (χ1v) is 7.25. The summed E-state index contributed by atoms with van der Waals surface area (Å²) in [4.78, 5) is 12.1. The summed E-state index contributed by atoms with van der Waals surface area (Å²) in [6, 6.07) is 14.5. The Balaban J connectivity index is 1.95. The summed E-state index contributed by atoms with van der Waals surface area (Å²) in [7, 11) is 1.60. The predicted octanol–water partition coefficient (Wildman–Crippen LogP) is 3.86. The average Bonchev–Trinajstić information content (AvgIpc) is 2.48. The molecule has 0 aliphatic carbocycles. The van der Waals surface area contributed by atoms with Crippen LogP contribution >= 0.6 is 15.9 Å². The van der Waals surface area contributed by atoms with Crippen molar-refractivity contribution in [2.24, 2.45) is 0 Å². The lowest BCUT2D eigenvalue weighted by Gasteiger charge is -2.15. The Morgan fingerprint density at radius 1 is 1.14 bits per heavy atom. The van der Waals surface area contributed by atoms with E-state index in [1.807, 2.05) is 24.3 Å². The maximum absolute atomic E-state index is 12.1. The van der Waals surface area contributed by atoms with Crippen molar-refractivity contribution in [1.29, 1.82) is 0 Å². The van der Waals surface area contributed by atoms with Gasteiger partial charge in [-0.1, -0.05) is 22.0 Å². The molecule has 1 atom stereocenters. The Bertz CT molecular complexity index is 613. The van der Waals surface area contributed by atoms with Gasteiger partial charge in [0.2, 0.25) is 0 Å². The summed E-state index contributed by atoms with van der Waals surface area (Å²) in [5, 5.41) is 2.81. The zero-order valence-electron chi connectivity index (χ0n) is 11.8. The first-order chi connectivity index (χ1) is 10.1. The van der Waals surface area contributed by atoms with Crippen molar-refractivity contribution in [3.8, 4) is 11.5 Å². The first-order valence-electron chi connectivity index (χ1n) is 6.45. The molecule has 110 valence electrons. The van der Waals surface area contributed by atoms with Gasteiger partial charge in [-0.05, 0) is 49.4 Å². The minimum Gasteiger partial charge on any atom is -0.497 e. The Hall–Kier alpha value is -2.01. The highest BCUT2D eigenvalue weighted by atomic mass is 79.9. The second-order valence-corrected chi connectivity index (χ2v) is 5.35. The second-order valence-electron chi connectivity index (χ2n) is 4.44. The smallest absolute Gasteiger partial charge is 0.265 e. The molecule has 1 N–H and O–H groups in total. The Morgan fingerprint density at radius 3 is 2.43 bits per heavy atom. The van der Waals surface area contributed by atoms with Crippen LogP contribution < -0.4 is 14.8 Å². The minimum atomic E-state index is -0.600. The van der Waals surface area contributed by atoms with Crippen LogP contribution in [0.25, 0.3) is 0 Å². The van der Waals surface area contributed by atoms with Crippen LogP contribution in [0.15, 0.2) is 53.0 Å². The summed E-state index contributed by atoms with van der Waals surface area (Å²) in [5.41, 5.74) is 0.722. The van der Waals surface area contributed by atoms with E-state index in [2.05, 4.69) is 21.2 Å². The lowest BCUT2D eigenvalue weighted by Crippen LogP contribution is -2.30.